The Morgan fingerprint density at radius 2 is 2.00 bits per heavy atom. The fourth-order valence-electron chi connectivity index (χ4n) is 2.84. The maximum atomic E-state index is 12.4. The number of carbonyl (C=O) groups is 1. The standard InChI is InChI=1S/C19H21NOS/c1-13-7-8-15(11-14(13)2)12-19(21)20-17-9-10-22-18-6-4-3-5-16(17)18/h3-8,11,17H,9-10,12H2,1-2H3,(H,20,21)/t17-/m1/s1. The quantitative estimate of drug-likeness (QED) is 0.920. The van der Waals surface area contributed by atoms with E-state index in [9.17, 15) is 4.79 Å². The number of aryl methyl sites for hydroxylation is 2. The zero-order valence-corrected chi connectivity index (χ0v) is 13.9. The van der Waals surface area contributed by atoms with Crippen molar-refractivity contribution in [1.29, 1.82) is 0 Å². The highest BCUT2D eigenvalue weighted by Crippen LogP contribution is 2.35. The summed E-state index contributed by atoms with van der Waals surface area (Å²) in [5.74, 6) is 1.17. The van der Waals surface area contributed by atoms with Crippen LogP contribution in [0.15, 0.2) is 47.4 Å². The van der Waals surface area contributed by atoms with Gasteiger partial charge in [-0.15, -0.1) is 11.8 Å². The second-order valence-corrected chi connectivity index (χ2v) is 7.03. The molecule has 0 spiro atoms. The fourth-order valence-corrected chi connectivity index (χ4v) is 3.96. The van der Waals surface area contributed by atoms with Crippen molar-refractivity contribution in [2.45, 2.75) is 37.6 Å². The molecule has 1 atom stereocenters. The number of carbonyl (C=O) groups excluding carboxylic acids is 1. The van der Waals surface area contributed by atoms with Crippen LogP contribution in [0.1, 0.15) is 34.7 Å². The molecule has 1 aliphatic rings. The van der Waals surface area contributed by atoms with Crippen molar-refractivity contribution in [3.05, 3.63) is 64.7 Å². The van der Waals surface area contributed by atoms with Gasteiger partial charge in [-0.05, 0) is 48.6 Å². The topological polar surface area (TPSA) is 29.1 Å². The lowest BCUT2D eigenvalue weighted by atomic mass is 10.0. The molecule has 2 nitrogen and oxygen atoms in total. The van der Waals surface area contributed by atoms with E-state index in [1.54, 1.807) is 0 Å². The fraction of sp³-hybridized carbons (Fsp3) is 0.316. The predicted octanol–water partition coefficient (Wildman–Crippen LogP) is 4.20. The van der Waals surface area contributed by atoms with Crippen LogP contribution in [0.4, 0.5) is 0 Å². The van der Waals surface area contributed by atoms with E-state index in [0.717, 1.165) is 17.7 Å². The largest absolute Gasteiger partial charge is 0.349 e. The smallest absolute Gasteiger partial charge is 0.224 e. The second kappa shape index (κ2) is 6.57. The van der Waals surface area contributed by atoms with Gasteiger partial charge in [-0.1, -0.05) is 36.4 Å². The number of amides is 1. The molecule has 0 bridgehead atoms. The van der Waals surface area contributed by atoms with Crippen LogP contribution in [0.2, 0.25) is 0 Å². The Hall–Kier alpha value is -1.74. The van der Waals surface area contributed by atoms with Gasteiger partial charge in [0.15, 0.2) is 0 Å². The predicted molar refractivity (Wildman–Crippen MR) is 92.3 cm³/mol. The molecule has 1 heterocycles. The van der Waals surface area contributed by atoms with Gasteiger partial charge in [0.25, 0.3) is 0 Å². The summed E-state index contributed by atoms with van der Waals surface area (Å²) in [4.78, 5) is 13.7. The van der Waals surface area contributed by atoms with Gasteiger partial charge in [0.1, 0.15) is 0 Å². The molecule has 114 valence electrons. The maximum absolute atomic E-state index is 12.4. The Bertz CT molecular complexity index is 696. The molecule has 1 aliphatic heterocycles. The number of rotatable bonds is 3. The van der Waals surface area contributed by atoms with Crippen molar-refractivity contribution in [3.8, 4) is 0 Å². The highest BCUT2D eigenvalue weighted by Gasteiger charge is 2.21. The summed E-state index contributed by atoms with van der Waals surface area (Å²) in [5, 5.41) is 3.21. The Morgan fingerprint density at radius 1 is 1.18 bits per heavy atom. The minimum Gasteiger partial charge on any atom is -0.349 e. The van der Waals surface area contributed by atoms with Crippen LogP contribution in [0, 0.1) is 13.8 Å². The summed E-state index contributed by atoms with van der Waals surface area (Å²) in [6, 6.07) is 14.8. The highest BCUT2D eigenvalue weighted by atomic mass is 32.2. The van der Waals surface area contributed by atoms with Crippen molar-refractivity contribution in [2.24, 2.45) is 0 Å². The first kappa shape index (κ1) is 15.2. The summed E-state index contributed by atoms with van der Waals surface area (Å²) in [6.45, 7) is 4.18. The molecule has 0 saturated heterocycles. The van der Waals surface area contributed by atoms with E-state index in [2.05, 4.69) is 49.5 Å². The molecule has 22 heavy (non-hydrogen) atoms. The molecule has 0 radical (unpaired) electrons. The van der Waals surface area contributed by atoms with Gasteiger partial charge < -0.3 is 5.32 Å². The molecule has 1 N–H and O–H groups in total. The van der Waals surface area contributed by atoms with E-state index in [1.807, 2.05) is 23.9 Å². The number of nitrogens with one attached hydrogen (secondary N) is 1. The Morgan fingerprint density at radius 3 is 2.82 bits per heavy atom. The van der Waals surface area contributed by atoms with Gasteiger partial charge in [-0.25, -0.2) is 0 Å². The van der Waals surface area contributed by atoms with Crippen LogP contribution in [0.3, 0.4) is 0 Å². The summed E-state index contributed by atoms with van der Waals surface area (Å²) >= 11 is 1.88. The third-order valence-corrected chi connectivity index (χ3v) is 5.35. The summed E-state index contributed by atoms with van der Waals surface area (Å²) in [6.07, 6.45) is 1.45. The van der Waals surface area contributed by atoms with E-state index in [1.165, 1.54) is 21.6 Å². The maximum Gasteiger partial charge on any atom is 0.224 e. The first-order valence-corrected chi connectivity index (χ1v) is 8.69. The van der Waals surface area contributed by atoms with Crippen molar-refractivity contribution in [3.63, 3.8) is 0 Å². The lowest BCUT2D eigenvalue weighted by molar-refractivity contribution is -0.121. The van der Waals surface area contributed by atoms with Crippen LogP contribution >= 0.6 is 11.8 Å². The molecule has 0 fully saturated rings. The molecule has 0 saturated carbocycles. The van der Waals surface area contributed by atoms with Crippen molar-refractivity contribution >= 4 is 17.7 Å². The van der Waals surface area contributed by atoms with Crippen molar-refractivity contribution in [2.75, 3.05) is 5.75 Å². The van der Waals surface area contributed by atoms with E-state index < -0.39 is 0 Å². The normalized spacial score (nSPS) is 16.9. The molecule has 3 heteroatoms. The van der Waals surface area contributed by atoms with Crippen molar-refractivity contribution in [1.82, 2.24) is 5.32 Å². The monoisotopic (exact) mass is 311 g/mol. The first-order chi connectivity index (χ1) is 10.6. The molecule has 1 amide bonds. The number of fused-ring (bicyclic) bond motifs is 1. The SMILES string of the molecule is Cc1ccc(CC(=O)N[C@@H]2CCSc3ccccc32)cc1C. The molecule has 0 aliphatic carbocycles. The van der Waals surface area contributed by atoms with Crippen LogP contribution in [-0.2, 0) is 11.2 Å². The molecule has 2 aromatic carbocycles. The van der Waals surface area contributed by atoms with Crippen LogP contribution < -0.4 is 5.32 Å². The third-order valence-electron chi connectivity index (χ3n) is 4.23. The summed E-state index contributed by atoms with van der Waals surface area (Å²) < 4.78 is 0. The summed E-state index contributed by atoms with van der Waals surface area (Å²) in [5.41, 5.74) is 4.85. The minimum absolute atomic E-state index is 0.106. The zero-order valence-electron chi connectivity index (χ0n) is 13.1. The van der Waals surface area contributed by atoms with Gasteiger partial charge in [0.2, 0.25) is 5.91 Å². The van der Waals surface area contributed by atoms with Gasteiger partial charge in [0.05, 0.1) is 12.5 Å². The number of benzene rings is 2. The minimum atomic E-state index is 0.106. The average molecular weight is 311 g/mol. The van der Waals surface area contributed by atoms with Crippen LogP contribution in [-0.4, -0.2) is 11.7 Å². The van der Waals surface area contributed by atoms with Gasteiger partial charge in [-0.3, -0.25) is 4.79 Å². The lowest BCUT2D eigenvalue weighted by Gasteiger charge is -2.26. The van der Waals surface area contributed by atoms with Crippen LogP contribution in [0.25, 0.3) is 0 Å². The third kappa shape index (κ3) is 3.36. The lowest BCUT2D eigenvalue weighted by Crippen LogP contribution is -2.31. The number of hydrogen-bond acceptors (Lipinski definition) is 2. The molecule has 0 aromatic heterocycles. The molecule has 3 rings (SSSR count). The Balaban J connectivity index is 1.69. The van der Waals surface area contributed by atoms with E-state index in [4.69, 9.17) is 0 Å². The first-order valence-electron chi connectivity index (χ1n) is 7.71. The van der Waals surface area contributed by atoms with E-state index in [0.29, 0.717) is 6.42 Å². The molecule has 0 unspecified atom stereocenters. The Labute approximate surface area is 136 Å². The number of thioether (sulfide) groups is 1. The van der Waals surface area contributed by atoms with E-state index >= 15 is 0 Å². The molecular formula is C19H21NOS. The summed E-state index contributed by atoms with van der Waals surface area (Å²) in [7, 11) is 0. The van der Waals surface area contributed by atoms with Gasteiger partial charge in [0, 0.05) is 10.6 Å². The second-order valence-electron chi connectivity index (χ2n) is 5.89. The van der Waals surface area contributed by atoms with Gasteiger partial charge in [-0.2, -0.15) is 0 Å². The zero-order chi connectivity index (χ0) is 15.5. The van der Waals surface area contributed by atoms with Crippen molar-refractivity contribution < 1.29 is 4.79 Å². The number of hydrogen-bond donors (Lipinski definition) is 1. The van der Waals surface area contributed by atoms with E-state index in [-0.39, 0.29) is 11.9 Å². The average Bonchev–Trinajstić information content (AvgIpc) is 2.51. The molecular weight excluding hydrogens is 290 g/mol. The van der Waals surface area contributed by atoms with Gasteiger partial charge >= 0.3 is 0 Å². The molecule has 2 aromatic rings. The van der Waals surface area contributed by atoms with Crippen LogP contribution in [0.5, 0.6) is 0 Å². The Kier molecular flexibility index (Phi) is 4.53. The highest BCUT2D eigenvalue weighted by molar-refractivity contribution is 7.99.